The molecule has 0 saturated heterocycles. The van der Waals surface area contributed by atoms with E-state index >= 15 is 0 Å². The van der Waals surface area contributed by atoms with Crippen LogP contribution in [0.25, 0.3) is 0 Å². The average molecular weight is 301 g/mol. The van der Waals surface area contributed by atoms with Crippen LogP contribution in [0.4, 0.5) is 14.5 Å². The van der Waals surface area contributed by atoms with Gasteiger partial charge in [0.15, 0.2) is 0 Å². The molecule has 0 radical (unpaired) electrons. The highest BCUT2D eigenvalue weighted by molar-refractivity contribution is 5.98. The molecule has 7 nitrogen and oxygen atoms in total. The van der Waals surface area contributed by atoms with E-state index in [1.807, 2.05) is 0 Å². The second kappa shape index (κ2) is 6.25. The Morgan fingerprint density at radius 3 is 2.38 bits per heavy atom. The minimum atomic E-state index is -1.58. The van der Waals surface area contributed by atoms with Crippen LogP contribution in [0.3, 0.4) is 0 Å². The lowest BCUT2D eigenvalue weighted by Crippen LogP contribution is -2.44. The Morgan fingerprint density at radius 2 is 1.90 bits per heavy atom. The van der Waals surface area contributed by atoms with Crippen LogP contribution in [0, 0.1) is 21.7 Å². The van der Waals surface area contributed by atoms with Crippen LogP contribution in [0.2, 0.25) is 0 Å². The number of carbonyl (C=O) groups excluding carboxylic acids is 2. The summed E-state index contributed by atoms with van der Waals surface area (Å²) in [5.41, 5.74) is -2.12. The summed E-state index contributed by atoms with van der Waals surface area (Å²) >= 11 is 0. The number of carbonyl (C=O) groups is 2. The molecule has 1 aromatic rings. The van der Waals surface area contributed by atoms with Gasteiger partial charge in [-0.15, -0.1) is 0 Å². The average Bonchev–Trinajstić information content (AvgIpc) is 2.36. The van der Waals surface area contributed by atoms with E-state index in [9.17, 15) is 28.5 Å². The van der Waals surface area contributed by atoms with Gasteiger partial charge in [0, 0.05) is 20.2 Å². The summed E-state index contributed by atoms with van der Waals surface area (Å²) in [5, 5.41) is 12.7. The quantitative estimate of drug-likeness (QED) is 0.665. The first-order chi connectivity index (χ1) is 9.66. The standard InChI is InChI=1S/C12H13F2N3O4/c1-6(12(19)16(2)3)15-11(18)9-7(13)4-5-8(10(9)14)17(20)21/h4-6H,1-3H3,(H,15,18). The minimum absolute atomic E-state index is 0.491. The molecule has 0 heterocycles. The third-order valence-corrected chi connectivity index (χ3v) is 2.65. The maximum atomic E-state index is 13.8. The molecule has 1 N–H and O–H groups in total. The second-order valence-electron chi connectivity index (χ2n) is 4.44. The predicted molar refractivity (Wildman–Crippen MR) is 68.6 cm³/mol. The van der Waals surface area contributed by atoms with Gasteiger partial charge in [0.25, 0.3) is 5.91 Å². The summed E-state index contributed by atoms with van der Waals surface area (Å²) in [6.07, 6.45) is 0. The molecule has 114 valence electrons. The molecule has 1 unspecified atom stereocenters. The van der Waals surface area contributed by atoms with Crippen molar-refractivity contribution in [2.75, 3.05) is 14.1 Å². The Kier molecular flexibility index (Phi) is 4.90. The van der Waals surface area contributed by atoms with Crippen molar-refractivity contribution >= 4 is 17.5 Å². The Balaban J connectivity index is 3.11. The molecule has 0 bridgehead atoms. The normalized spacial score (nSPS) is 11.7. The lowest BCUT2D eigenvalue weighted by Gasteiger charge is -2.18. The highest BCUT2D eigenvalue weighted by Gasteiger charge is 2.28. The molecule has 0 aromatic heterocycles. The third kappa shape index (κ3) is 3.50. The molecule has 0 aliphatic rings. The van der Waals surface area contributed by atoms with E-state index < -0.39 is 45.7 Å². The van der Waals surface area contributed by atoms with E-state index in [0.29, 0.717) is 12.1 Å². The first kappa shape index (κ1) is 16.5. The zero-order valence-corrected chi connectivity index (χ0v) is 11.5. The molecule has 0 saturated carbocycles. The highest BCUT2D eigenvalue weighted by Crippen LogP contribution is 2.23. The number of hydrogen-bond acceptors (Lipinski definition) is 4. The zero-order valence-electron chi connectivity index (χ0n) is 11.5. The number of halogens is 2. The van der Waals surface area contributed by atoms with E-state index in [1.165, 1.54) is 25.9 Å². The molecule has 1 aromatic carbocycles. The number of rotatable bonds is 4. The fourth-order valence-corrected chi connectivity index (χ4v) is 1.61. The van der Waals surface area contributed by atoms with Crippen molar-refractivity contribution in [3.63, 3.8) is 0 Å². The van der Waals surface area contributed by atoms with Crippen LogP contribution >= 0.6 is 0 Å². The summed E-state index contributed by atoms with van der Waals surface area (Å²) in [4.78, 5) is 34.1. The molecule has 1 rings (SSSR count). The van der Waals surface area contributed by atoms with Crippen molar-refractivity contribution in [2.24, 2.45) is 0 Å². The van der Waals surface area contributed by atoms with Gasteiger partial charge in [-0.3, -0.25) is 19.7 Å². The van der Waals surface area contributed by atoms with Crippen LogP contribution in [0.5, 0.6) is 0 Å². The van der Waals surface area contributed by atoms with Gasteiger partial charge in [0.05, 0.1) is 4.92 Å². The van der Waals surface area contributed by atoms with Crippen molar-refractivity contribution in [3.8, 4) is 0 Å². The third-order valence-electron chi connectivity index (χ3n) is 2.65. The van der Waals surface area contributed by atoms with Crippen LogP contribution in [-0.4, -0.2) is 41.8 Å². The first-order valence-corrected chi connectivity index (χ1v) is 5.81. The molecule has 21 heavy (non-hydrogen) atoms. The Labute approximate surface area is 118 Å². The minimum Gasteiger partial charge on any atom is -0.347 e. The maximum absolute atomic E-state index is 13.8. The van der Waals surface area contributed by atoms with Crippen molar-refractivity contribution in [1.29, 1.82) is 0 Å². The van der Waals surface area contributed by atoms with Gasteiger partial charge in [-0.05, 0) is 13.0 Å². The molecule has 2 amide bonds. The van der Waals surface area contributed by atoms with Gasteiger partial charge < -0.3 is 10.2 Å². The molecular weight excluding hydrogens is 288 g/mol. The number of amides is 2. The predicted octanol–water partition coefficient (Wildman–Crippen LogP) is 1.08. The van der Waals surface area contributed by atoms with Gasteiger partial charge in [0.2, 0.25) is 11.7 Å². The molecule has 0 aliphatic carbocycles. The lowest BCUT2D eigenvalue weighted by molar-refractivity contribution is -0.387. The molecule has 0 fully saturated rings. The Bertz CT molecular complexity index is 604. The largest absolute Gasteiger partial charge is 0.347 e. The van der Waals surface area contributed by atoms with E-state index in [1.54, 1.807) is 0 Å². The summed E-state index contributed by atoms with van der Waals surface area (Å²) in [5.74, 6) is -4.56. The fraction of sp³-hybridized carbons (Fsp3) is 0.333. The summed E-state index contributed by atoms with van der Waals surface area (Å²) in [6, 6.07) is 0.204. The van der Waals surface area contributed by atoms with Crippen LogP contribution < -0.4 is 5.32 Å². The van der Waals surface area contributed by atoms with E-state index in [4.69, 9.17) is 0 Å². The number of benzene rings is 1. The van der Waals surface area contributed by atoms with Crippen molar-refractivity contribution < 1.29 is 23.3 Å². The van der Waals surface area contributed by atoms with Gasteiger partial charge in [-0.25, -0.2) is 4.39 Å². The molecule has 0 aliphatic heterocycles. The number of likely N-dealkylation sites (N-methyl/N-ethyl adjacent to an activating group) is 1. The van der Waals surface area contributed by atoms with Crippen LogP contribution in [0.1, 0.15) is 17.3 Å². The van der Waals surface area contributed by atoms with E-state index in [0.717, 1.165) is 0 Å². The topological polar surface area (TPSA) is 92.5 Å². The number of nitro groups is 1. The summed E-state index contributed by atoms with van der Waals surface area (Å²) in [7, 11) is 2.89. The van der Waals surface area contributed by atoms with Crippen LogP contribution in [-0.2, 0) is 4.79 Å². The monoisotopic (exact) mass is 301 g/mol. The van der Waals surface area contributed by atoms with Gasteiger partial charge >= 0.3 is 5.69 Å². The van der Waals surface area contributed by atoms with Crippen molar-refractivity contribution in [1.82, 2.24) is 10.2 Å². The van der Waals surface area contributed by atoms with Gasteiger partial charge in [0.1, 0.15) is 17.4 Å². The smallest absolute Gasteiger partial charge is 0.305 e. The number of nitrogens with one attached hydrogen (secondary N) is 1. The number of nitrogens with zero attached hydrogens (tertiary/aromatic N) is 2. The highest BCUT2D eigenvalue weighted by atomic mass is 19.1. The first-order valence-electron chi connectivity index (χ1n) is 5.81. The Hall–Kier alpha value is -2.58. The SMILES string of the molecule is CC(NC(=O)c1c(F)ccc([N+](=O)[O-])c1F)C(=O)N(C)C. The molecule has 0 spiro atoms. The van der Waals surface area contributed by atoms with Crippen molar-refractivity contribution in [2.45, 2.75) is 13.0 Å². The number of nitro benzene ring substituents is 1. The molecule has 1 atom stereocenters. The molecular formula is C12H13F2N3O4. The summed E-state index contributed by atoms with van der Waals surface area (Å²) in [6.45, 7) is 1.33. The van der Waals surface area contributed by atoms with Crippen molar-refractivity contribution in [3.05, 3.63) is 39.4 Å². The maximum Gasteiger partial charge on any atom is 0.305 e. The fourth-order valence-electron chi connectivity index (χ4n) is 1.61. The Morgan fingerprint density at radius 1 is 1.33 bits per heavy atom. The summed E-state index contributed by atoms with van der Waals surface area (Å²) < 4.78 is 27.3. The molecule has 9 heteroatoms. The number of hydrogen-bond donors (Lipinski definition) is 1. The second-order valence-corrected chi connectivity index (χ2v) is 4.44. The van der Waals surface area contributed by atoms with Crippen LogP contribution in [0.15, 0.2) is 12.1 Å². The lowest BCUT2D eigenvalue weighted by atomic mass is 10.1. The zero-order chi connectivity index (χ0) is 16.3. The van der Waals surface area contributed by atoms with E-state index in [-0.39, 0.29) is 0 Å². The van der Waals surface area contributed by atoms with E-state index in [2.05, 4.69) is 5.32 Å². The van der Waals surface area contributed by atoms with Gasteiger partial charge in [-0.2, -0.15) is 4.39 Å². The van der Waals surface area contributed by atoms with Gasteiger partial charge in [-0.1, -0.05) is 0 Å².